The topological polar surface area (TPSA) is 24.5 Å². The Labute approximate surface area is 124 Å². The molecular weight excluding hydrogens is 248 g/mol. The van der Waals surface area contributed by atoms with Gasteiger partial charge in [-0.3, -0.25) is 4.90 Å². The lowest BCUT2D eigenvalue weighted by atomic mass is 9.83. The zero-order chi connectivity index (χ0) is 14.3. The highest BCUT2D eigenvalue weighted by Crippen LogP contribution is 2.40. The lowest BCUT2D eigenvalue weighted by Gasteiger charge is -2.48. The summed E-state index contributed by atoms with van der Waals surface area (Å²) in [5.41, 5.74) is 0.377. The Bertz CT molecular complexity index is 281. The first-order valence-electron chi connectivity index (χ1n) is 8.50. The van der Waals surface area contributed by atoms with Crippen LogP contribution in [-0.2, 0) is 4.74 Å². The van der Waals surface area contributed by atoms with E-state index in [0.29, 0.717) is 11.6 Å². The number of hydrogen-bond donors (Lipinski definition) is 1. The monoisotopic (exact) mass is 280 g/mol. The fourth-order valence-electron chi connectivity index (χ4n) is 4.04. The molecule has 1 heterocycles. The van der Waals surface area contributed by atoms with Gasteiger partial charge in [-0.2, -0.15) is 0 Å². The van der Waals surface area contributed by atoms with Crippen LogP contribution in [-0.4, -0.2) is 49.3 Å². The number of nitrogens with one attached hydrogen (secondary N) is 1. The van der Waals surface area contributed by atoms with Gasteiger partial charge in [0.1, 0.15) is 0 Å². The van der Waals surface area contributed by atoms with Crippen molar-refractivity contribution in [3.8, 4) is 0 Å². The smallest absolute Gasteiger partial charge is 0.0594 e. The first-order valence-corrected chi connectivity index (χ1v) is 8.50. The lowest BCUT2D eigenvalue weighted by Crippen LogP contribution is -2.62. The maximum absolute atomic E-state index is 5.57. The molecule has 1 N–H and O–H groups in total. The summed E-state index contributed by atoms with van der Waals surface area (Å²) in [6.45, 7) is 11.3. The Morgan fingerprint density at radius 3 is 2.60 bits per heavy atom. The molecule has 0 aromatic carbocycles. The van der Waals surface area contributed by atoms with E-state index in [2.05, 4.69) is 29.8 Å². The molecule has 0 spiro atoms. The van der Waals surface area contributed by atoms with Gasteiger partial charge in [-0.05, 0) is 38.6 Å². The van der Waals surface area contributed by atoms with Crippen molar-refractivity contribution < 1.29 is 4.74 Å². The van der Waals surface area contributed by atoms with Crippen molar-refractivity contribution in [1.29, 1.82) is 0 Å². The number of rotatable bonds is 8. The third kappa shape index (κ3) is 3.63. The summed E-state index contributed by atoms with van der Waals surface area (Å²) >= 11 is 0. The minimum atomic E-state index is 0.377. The number of hydrogen-bond acceptors (Lipinski definition) is 3. The predicted molar refractivity (Wildman–Crippen MR) is 85.1 cm³/mol. The third-order valence-corrected chi connectivity index (χ3v) is 5.06. The van der Waals surface area contributed by atoms with Crippen molar-refractivity contribution >= 4 is 0 Å². The SMILES string of the molecule is C=CCCC(NCCC)C1(N2CCOCC2)CCCC1. The van der Waals surface area contributed by atoms with Crippen LogP contribution in [0.25, 0.3) is 0 Å². The van der Waals surface area contributed by atoms with Crippen molar-refractivity contribution in [3.63, 3.8) is 0 Å². The first kappa shape index (κ1) is 16.0. The van der Waals surface area contributed by atoms with Crippen LogP contribution in [0.1, 0.15) is 51.9 Å². The van der Waals surface area contributed by atoms with Crippen LogP contribution in [0.5, 0.6) is 0 Å². The Hall–Kier alpha value is -0.380. The average molecular weight is 280 g/mol. The van der Waals surface area contributed by atoms with E-state index in [0.717, 1.165) is 39.3 Å². The second kappa shape index (κ2) is 8.16. The van der Waals surface area contributed by atoms with Crippen LogP contribution in [0.4, 0.5) is 0 Å². The summed E-state index contributed by atoms with van der Waals surface area (Å²) < 4.78 is 5.57. The lowest BCUT2D eigenvalue weighted by molar-refractivity contribution is -0.0367. The molecule has 0 aromatic heterocycles. The van der Waals surface area contributed by atoms with E-state index in [9.17, 15) is 0 Å². The quantitative estimate of drug-likeness (QED) is 0.692. The Balaban J connectivity index is 2.10. The first-order chi connectivity index (χ1) is 9.83. The Kier molecular flexibility index (Phi) is 6.53. The van der Waals surface area contributed by atoms with Crippen LogP contribution in [0, 0.1) is 0 Å². The van der Waals surface area contributed by atoms with E-state index in [1.54, 1.807) is 0 Å². The van der Waals surface area contributed by atoms with Gasteiger partial charge in [0.15, 0.2) is 0 Å². The van der Waals surface area contributed by atoms with Crippen LogP contribution in [0.15, 0.2) is 12.7 Å². The van der Waals surface area contributed by atoms with Crippen molar-refractivity contribution in [2.45, 2.75) is 63.5 Å². The van der Waals surface area contributed by atoms with Crippen LogP contribution in [0.2, 0.25) is 0 Å². The summed E-state index contributed by atoms with van der Waals surface area (Å²) in [5, 5.41) is 3.85. The predicted octanol–water partition coefficient (Wildman–Crippen LogP) is 2.97. The maximum atomic E-state index is 5.57. The van der Waals surface area contributed by atoms with Gasteiger partial charge in [-0.25, -0.2) is 0 Å². The van der Waals surface area contributed by atoms with Gasteiger partial charge >= 0.3 is 0 Å². The number of ether oxygens (including phenoxy) is 1. The molecule has 2 aliphatic rings. The van der Waals surface area contributed by atoms with Gasteiger partial charge in [0.25, 0.3) is 0 Å². The Morgan fingerprint density at radius 2 is 2.00 bits per heavy atom. The fourth-order valence-corrected chi connectivity index (χ4v) is 4.04. The van der Waals surface area contributed by atoms with E-state index in [1.165, 1.54) is 38.5 Å². The van der Waals surface area contributed by atoms with Crippen LogP contribution in [0.3, 0.4) is 0 Å². The van der Waals surface area contributed by atoms with E-state index in [4.69, 9.17) is 4.74 Å². The molecular formula is C17H32N2O. The molecule has 0 bridgehead atoms. The molecule has 1 aliphatic heterocycles. The normalized spacial score (nSPS) is 24.6. The minimum absolute atomic E-state index is 0.377. The van der Waals surface area contributed by atoms with Gasteiger partial charge in [0, 0.05) is 24.7 Å². The molecule has 1 atom stereocenters. The molecule has 3 heteroatoms. The molecule has 1 unspecified atom stereocenters. The summed E-state index contributed by atoms with van der Waals surface area (Å²) in [7, 11) is 0. The molecule has 1 saturated heterocycles. The van der Waals surface area contributed by atoms with E-state index in [-0.39, 0.29) is 0 Å². The summed E-state index contributed by atoms with van der Waals surface area (Å²) in [6, 6.07) is 0.612. The van der Waals surface area contributed by atoms with E-state index in [1.807, 2.05) is 0 Å². The second-order valence-electron chi connectivity index (χ2n) is 6.28. The van der Waals surface area contributed by atoms with Gasteiger partial charge in [-0.1, -0.05) is 25.8 Å². The molecule has 1 aliphatic carbocycles. The fraction of sp³-hybridized carbons (Fsp3) is 0.882. The molecule has 116 valence electrons. The van der Waals surface area contributed by atoms with Crippen LogP contribution >= 0.6 is 0 Å². The maximum Gasteiger partial charge on any atom is 0.0594 e. The van der Waals surface area contributed by atoms with Crippen molar-refractivity contribution in [1.82, 2.24) is 10.2 Å². The van der Waals surface area contributed by atoms with E-state index >= 15 is 0 Å². The second-order valence-corrected chi connectivity index (χ2v) is 6.28. The van der Waals surface area contributed by atoms with Crippen molar-refractivity contribution in [2.75, 3.05) is 32.8 Å². The summed E-state index contributed by atoms with van der Waals surface area (Å²) in [5.74, 6) is 0. The Morgan fingerprint density at radius 1 is 1.30 bits per heavy atom. The summed E-state index contributed by atoms with van der Waals surface area (Å²) in [6.07, 6.45) is 11.1. The van der Waals surface area contributed by atoms with Crippen LogP contribution < -0.4 is 5.32 Å². The van der Waals surface area contributed by atoms with E-state index < -0.39 is 0 Å². The molecule has 0 aromatic rings. The standard InChI is InChI=1S/C17H32N2O/c1-3-5-8-16(18-11-4-2)17(9-6-7-10-17)19-12-14-20-15-13-19/h3,16,18H,1,4-15H2,2H3. The van der Waals surface area contributed by atoms with Gasteiger partial charge in [0.2, 0.25) is 0 Å². The van der Waals surface area contributed by atoms with Gasteiger partial charge in [-0.15, -0.1) is 6.58 Å². The van der Waals surface area contributed by atoms with Gasteiger partial charge < -0.3 is 10.1 Å². The largest absolute Gasteiger partial charge is 0.379 e. The highest BCUT2D eigenvalue weighted by atomic mass is 16.5. The molecule has 20 heavy (non-hydrogen) atoms. The minimum Gasteiger partial charge on any atom is -0.379 e. The van der Waals surface area contributed by atoms with Crippen molar-refractivity contribution in [3.05, 3.63) is 12.7 Å². The zero-order valence-electron chi connectivity index (χ0n) is 13.2. The summed E-state index contributed by atoms with van der Waals surface area (Å²) in [4.78, 5) is 2.74. The molecule has 2 fully saturated rings. The molecule has 2 rings (SSSR count). The molecule has 0 amide bonds. The number of morpholine rings is 1. The zero-order valence-corrected chi connectivity index (χ0v) is 13.2. The third-order valence-electron chi connectivity index (χ3n) is 5.06. The highest BCUT2D eigenvalue weighted by Gasteiger charge is 2.45. The number of allylic oxidation sites excluding steroid dienone is 1. The van der Waals surface area contributed by atoms with Gasteiger partial charge in [0.05, 0.1) is 13.2 Å². The molecule has 3 nitrogen and oxygen atoms in total. The molecule has 0 radical (unpaired) electrons. The molecule has 1 saturated carbocycles. The number of nitrogens with zero attached hydrogens (tertiary/aromatic N) is 1. The average Bonchev–Trinajstić information content (AvgIpc) is 2.99. The highest BCUT2D eigenvalue weighted by molar-refractivity contribution is 5.04. The van der Waals surface area contributed by atoms with Crippen molar-refractivity contribution in [2.24, 2.45) is 0 Å².